The van der Waals surface area contributed by atoms with Crippen LogP contribution in [-0.4, -0.2) is 110 Å². The highest BCUT2D eigenvalue weighted by Gasteiger charge is 2.33. The number of hydrogen-bond donors (Lipinski definition) is 6. The van der Waals surface area contributed by atoms with Gasteiger partial charge in [0.15, 0.2) is 12.1 Å². The van der Waals surface area contributed by atoms with Gasteiger partial charge >= 0.3 is 0 Å². The molecular formula is C27H32FN11O4. The van der Waals surface area contributed by atoms with Crippen molar-refractivity contribution in [3.8, 4) is 11.4 Å². The number of amides is 2. The van der Waals surface area contributed by atoms with Crippen molar-refractivity contribution in [2.45, 2.75) is 6.29 Å². The zero-order chi connectivity index (χ0) is 30.7. The van der Waals surface area contributed by atoms with Gasteiger partial charge in [-0.3, -0.25) is 35.2 Å². The maximum absolute atomic E-state index is 15.0. The molecule has 0 spiro atoms. The molecule has 1 saturated heterocycles. The molecule has 4 aromatic rings. The number of hydrogen-bond acceptors (Lipinski definition) is 11. The van der Waals surface area contributed by atoms with Gasteiger partial charge in [-0.15, -0.1) is 0 Å². The molecule has 8 N–H and O–H groups in total. The van der Waals surface area contributed by atoms with E-state index in [4.69, 9.17) is 16.8 Å². The number of H-pyrrole nitrogens is 2. The van der Waals surface area contributed by atoms with E-state index in [-0.39, 0.29) is 59.8 Å². The number of Topliss-reactive ketones (excluding diaryl/α,β-unsaturated/α-hetero) is 1. The van der Waals surface area contributed by atoms with E-state index in [1.165, 1.54) is 34.1 Å². The van der Waals surface area contributed by atoms with E-state index in [2.05, 4.69) is 25.6 Å². The zero-order valence-electron chi connectivity index (χ0n) is 23.3. The topological polar surface area (TPSA) is 206 Å². The second kappa shape index (κ2) is 12.6. The van der Waals surface area contributed by atoms with Crippen LogP contribution in [-0.2, 0) is 4.79 Å². The minimum Gasteiger partial charge on any atom is -0.395 e. The highest BCUT2D eigenvalue weighted by molar-refractivity contribution is 6.45. The molecule has 1 atom stereocenters. The fraction of sp³-hybridized carbons (Fsp3) is 0.296. The van der Waals surface area contributed by atoms with Crippen LogP contribution in [0.5, 0.6) is 0 Å². The Kier molecular flexibility index (Phi) is 8.74. The van der Waals surface area contributed by atoms with E-state index in [0.717, 1.165) is 11.9 Å². The number of benzene rings is 1. The van der Waals surface area contributed by atoms with Gasteiger partial charge in [-0.2, -0.15) is 5.10 Å². The number of hydrazine groups is 2. The van der Waals surface area contributed by atoms with Crippen molar-refractivity contribution in [3.63, 3.8) is 0 Å². The van der Waals surface area contributed by atoms with Crippen LogP contribution in [0, 0.1) is 5.82 Å². The molecule has 1 aromatic carbocycles. The molecule has 43 heavy (non-hydrogen) atoms. The van der Waals surface area contributed by atoms with Crippen LogP contribution in [0.15, 0.2) is 48.8 Å². The summed E-state index contributed by atoms with van der Waals surface area (Å²) in [6.07, 6.45) is 1.64. The summed E-state index contributed by atoms with van der Waals surface area (Å²) in [5, 5.41) is 17.2. The maximum Gasteiger partial charge on any atom is 0.295 e. The number of aromatic amines is 2. The lowest BCUT2D eigenvalue weighted by Crippen LogP contribution is -2.65. The largest absolute Gasteiger partial charge is 0.395 e. The Hall–Kier alpha value is -4.74. The standard InChI is InChI=1S/C27H32FN11O4/c1-36(11-12-40)25(42)20-13-19(34-35-20)22-23-21(18(28)15-32-22)17(14-31-23)24(41)26(43)37-7-9-38(10-8-37)27(33-29)39(30)16-5-3-2-4-6-16/h2-6,13-15,27,31,33,40H,7-12,29-30H2,1H3,(H,34,35). The summed E-state index contributed by atoms with van der Waals surface area (Å²) in [4.78, 5) is 50.8. The fourth-order valence-corrected chi connectivity index (χ4v) is 5.02. The molecule has 16 heteroatoms. The van der Waals surface area contributed by atoms with Gasteiger partial charge < -0.3 is 19.9 Å². The Bertz CT molecular complexity index is 1620. The van der Waals surface area contributed by atoms with Crippen molar-refractivity contribution in [1.82, 2.24) is 40.3 Å². The molecule has 0 saturated carbocycles. The van der Waals surface area contributed by atoms with Crippen molar-refractivity contribution in [1.29, 1.82) is 0 Å². The zero-order valence-corrected chi connectivity index (χ0v) is 23.3. The number of aliphatic hydroxyl groups is 1. The fourth-order valence-electron chi connectivity index (χ4n) is 5.02. The first-order valence-electron chi connectivity index (χ1n) is 13.5. The third-order valence-electron chi connectivity index (χ3n) is 7.35. The third kappa shape index (κ3) is 5.81. The Labute approximate surface area is 245 Å². The maximum atomic E-state index is 15.0. The van der Waals surface area contributed by atoms with Gasteiger partial charge in [-0.1, -0.05) is 18.2 Å². The van der Waals surface area contributed by atoms with Gasteiger partial charge in [0.05, 0.1) is 35.0 Å². The summed E-state index contributed by atoms with van der Waals surface area (Å²) in [7, 11) is 1.53. The summed E-state index contributed by atoms with van der Waals surface area (Å²) in [6.45, 7) is 1.11. The van der Waals surface area contributed by atoms with E-state index in [1.54, 1.807) is 0 Å². The van der Waals surface area contributed by atoms with Crippen molar-refractivity contribution >= 4 is 34.2 Å². The van der Waals surface area contributed by atoms with E-state index in [9.17, 15) is 14.4 Å². The highest BCUT2D eigenvalue weighted by atomic mass is 19.1. The van der Waals surface area contributed by atoms with Crippen LogP contribution < -0.4 is 22.1 Å². The first-order chi connectivity index (χ1) is 20.7. The Morgan fingerprint density at radius 3 is 2.58 bits per heavy atom. The number of piperazine rings is 1. The number of rotatable bonds is 10. The molecule has 0 bridgehead atoms. The van der Waals surface area contributed by atoms with Gasteiger partial charge in [0.25, 0.3) is 17.6 Å². The number of nitrogens with zero attached hydrogens (tertiary/aromatic N) is 6. The SMILES string of the molecule is CN(CCO)C(=O)c1cc(-c2ncc(F)c3c(C(=O)C(=O)N4CCN(C(NN)N(N)c5ccccc5)CC4)c[nH]c23)n[nH]1. The van der Waals surface area contributed by atoms with Crippen LogP contribution in [0.3, 0.4) is 0 Å². The lowest BCUT2D eigenvalue weighted by molar-refractivity contribution is -0.128. The lowest BCUT2D eigenvalue weighted by atomic mass is 10.1. The number of nitrogens with two attached hydrogens (primary N) is 2. The molecule has 15 nitrogen and oxygen atoms in total. The molecule has 226 valence electrons. The third-order valence-corrected chi connectivity index (χ3v) is 7.35. The average Bonchev–Trinajstić information content (AvgIpc) is 3.70. The number of carbonyl (C=O) groups is 3. The van der Waals surface area contributed by atoms with Gasteiger partial charge in [0.1, 0.15) is 17.1 Å². The number of likely N-dealkylation sites (N-methyl/N-ethyl adjacent to an activating group) is 1. The predicted octanol–water partition coefficient (Wildman–Crippen LogP) is -0.389. The van der Waals surface area contributed by atoms with Gasteiger partial charge in [-0.05, 0) is 18.2 Å². The quantitative estimate of drug-likeness (QED) is 0.0459. The summed E-state index contributed by atoms with van der Waals surface area (Å²) < 4.78 is 15.0. The van der Waals surface area contributed by atoms with E-state index >= 15 is 4.39 Å². The van der Waals surface area contributed by atoms with Crippen molar-refractivity contribution < 1.29 is 23.9 Å². The monoisotopic (exact) mass is 593 g/mol. The molecule has 5 rings (SSSR count). The van der Waals surface area contributed by atoms with Crippen LogP contribution in [0.25, 0.3) is 22.3 Å². The Balaban J connectivity index is 1.31. The predicted molar refractivity (Wildman–Crippen MR) is 154 cm³/mol. The minimum absolute atomic E-state index is 0.107. The summed E-state index contributed by atoms with van der Waals surface area (Å²) >= 11 is 0. The first-order valence-corrected chi connectivity index (χ1v) is 13.5. The smallest absolute Gasteiger partial charge is 0.295 e. The van der Waals surface area contributed by atoms with Gasteiger partial charge in [-0.25, -0.2) is 20.6 Å². The molecule has 4 heterocycles. The lowest BCUT2D eigenvalue weighted by Gasteiger charge is -2.42. The molecule has 2 amide bonds. The summed E-state index contributed by atoms with van der Waals surface area (Å²) in [6, 6.07) is 10.7. The molecule has 0 aliphatic carbocycles. The number of para-hydroxylation sites is 1. The normalized spacial score (nSPS) is 14.6. The van der Waals surface area contributed by atoms with E-state index < -0.39 is 29.7 Å². The molecule has 1 unspecified atom stereocenters. The Morgan fingerprint density at radius 2 is 1.91 bits per heavy atom. The molecule has 0 radical (unpaired) electrons. The number of anilines is 1. The average molecular weight is 594 g/mol. The molecular weight excluding hydrogens is 561 g/mol. The number of nitrogens with one attached hydrogen (secondary N) is 3. The van der Waals surface area contributed by atoms with Crippen molar-refractivity contribution in [2.75, 3.05) is 51.4 Å². The summed E-state index contributed by atoms with van der Waals surface area (Å²) in [5.74, 6) is 9.21. The van der Waals surface area contributed by atoms with E-state index in [1.807, 2.05) is 35.2 Å². The number of halogens is 1. The molecule has 1 aliphatic rings. The van der Waals surface area contributed by atoms with Gasteiger partial charge in [0, 0.05) is 46.0 Å². The van der Waals surface area contributed by atoms with Gasteiger partial charge in [0.2, 0.25) is 0 Å². The molecule has 1 aliphatic heterocycles. The number of aromatic nitrogens is 4. The number of pyridine rings is 1. The first kappa shape index (κ1) is 29.7. The number of ketones is 1. The number of carbonyl (C=O) groups excluding carboxylic acids is 3. The van der Waals surface area contributed by atoms with Crippen LogP contribution in [0.1, 0.15) is 20.8 Å². The Morgan fingerprint density at radius 1 is 1.19 bits per heavy atom. The van der Waals surface area contributed by atoms with Crippen molar-refractivity contribution in [2.24, 2.45) is 11.7 Å². The second-order valence-electron chi connectivity index (χ2n) is 9.96. The molecule has 3 aromatic heterocycles. The van der Waals surface area contributed by atoms with E-state index in [0.29, 0.717) is 13.1 Å². The highest BCUT2D eigenvalue weighted by Crippen LogP contribution is 2.30. The van der Waals surface area contributed by atoms with Crippen LogP contribution in [0.4, 0.5) is 10.1 Å². The van der Waals surface area contributed by atoms with Crippen LogP contribution >= 0.6 is 0 Å². The second-order valence-corrected chi connectivity index (χ2v) is 9.96. The molecule has 1 fully saturated rings. The van der Waals surface area contributed by atoms with Crippen molar-refractivity contribution in [3.05, 3.63) is 65.9 Å². The summed E-state index contributed by atoms with van der Waals surface area (Å²) in [5.41, 5.74) is 3.97. The minimum atomic E-state index is -0.877. The van der Waals surface area contributed by atoms with Crippen LogP contribution in [0.2, 0.25) is 0 Å². The number of fused-ring (bicyclic) bond motifs is 1. The number of aliphatic hydroxyl groups excluding tert-OH is 1.